The van der Waals surface area contributed by atoms with E-state index < -0.39 is 0 Å². The Kier molecular flexibility index (Phi) is 4.52. The first-order valence-corrected chi connectivity index (χ1v) is 6.69. The molecule has 0 saturated carbocycles. The third kappa shape index (κ3) is 3.02. The van der Waals surface area contributed by atoms with E-state index in [1.807, 2.05) is 0 Å². The van der Waals surface area contributed by atoms with Gasteiger partial charge in [-0.05, 0) is 19.1 Å². The molecule has 1 aromatic carbocycles. The van der Waals surface area contributed by atoms with E-state index in [1.54, 1.807) is 51.5 Å². The average Bonchev–Trinajstić information content (AvgIpc) is 2.53. The van der Waals surface area contributed by atoms with Crippen LogP contribution in [0.1, 0.15) is 28.9 Å². The highest BCUT2D eigenvalue weighted by molar-refractivity contribution is 5.99. The molecule has 4 nitrogen and oxygen atoms in total. The highest BCUT2D eigenvalue weighted by Crippen LogP contribution is 2.24. The molecular weight excluding hydrogens is 269 g/mol. The smallest absolute Gasteiger partial charge is 0.257 e. The van der Waals surface area contributed by atoms with Crippen LogP contribution in [0.4, 0.5) is 10.1 Å². The molecule has 0 saturated heterocycles. The number of benzene rings is 1. The maximum atomic E-state index is 13.8. The zero-order valence-electron chi connectivity index (χ0n) is 12.3. The maximum absolute atomic E-state index is 13.8. The molecule has 0 bridgehead atoms. The van der Waals surface area contributed by atoms with Crippen LogP contribution in [-0.4, -0.2) is 29.9 Å². The minimum Gasteiger partial charge on any atom is -0.387 e. The van der Waals surface area contributed by atoms with Gasteiger partial charge in [0.25, 0.3) is 5.91 Å². The Labute approximate surface area is 123 Å². The molecular formula is C16H18FN3O. The molecule has 21 heavy (non-hydrogen) atoms. The fraction of sp³-hybridized carbons (Fsp3) is 0.250. The first-order chi connectivity index (χ1) is 10.1. The molecule has 0 aliphatic carbocycles. The number of hydrogen-bond acceptors (Lipinski definition) is 3. The van der Waals surface area contributed by atoms with Gasteiger partial charge in [-0.1, -0.05) is 18.2 Å². The number of nitrogens with zero attached hydrogens (tertiary/aromatic N) is 2. The lowest BCUT2D eigenvalue weighted by Gasteiger charge is -2.26. The highest BCUT2D eigenvalue weighted by Gasteiger charge is 2.22. The van der Waals surface area contributed by atoms with Crippen molar-refractivity contribution in [2.45, 2.75) is 13.0 Å². The predicted molar refractivity (Wildman–Crippen MR) is 80.7 cm³/mol. The predicted octanol–water partition coefficient (Wildman–Crippen LogP) is 3.10. The fourth-order valence-electron chi connectivity index (χ4n) is 2.17. The quantitative estimate of drug-likeness (QED) is 0.940. The minimum absolute atomic E-state index is 0.205. The number of carbonyl (C=O) groups is 1. The number of halogens is 1. The Hall–Kier alpha value is -2.43. The van der Waals surface area contributed by atoms with E-state index in [9.17, 15) is 9.18 Å². The summed E-state index contributed by atoms with van der Waals surface area (Å²) < 4.78 is 13.8. The summed E-state index contributed by atoms with van der Waals surface area (Å²) in [6, 6.07) is 7.83. The molecule has 1 amide bonds. The number of carbonyl (C=O) groups excluding carboxylic acids is 1. The summed E-state index contributed by atoms with van der Waals surface area (Å²) in [6.45, 7) is 1.80. The van der Waals surface area contributed by atoms with Gasteiger partial charge in [0.15, 0.2) is 0 Å². The molecule has 1 N–H and O–H groups in total. The number of nitrogens with one attached hydrogen (secondary N) is 1. The Balaban J connectivity index is 2.29. The molecule has 1 atom stereocenters. The van der Waals surface area contributed by atoms with Crippen molar-refractivity contribution in [3.8, 4) is 0 Å². The molecule has 0 radical (unpaired) electrons. The Morgan fingerprint density at radius 2 is 2.05 bits per heavy atom. The van der Waals surface area contributed by atoms with E-state index in [0.717, 1.165) is 0 Å². The molecule has 2 aromatic rings. The highest BCUT2D eigenvalue weighted by atomic mass is 19.1. The zero-order chi connectivity index (χ0) is 15.4. The monoisotopic (exact) mass is 287 g/mol. The average molecular weight is 287 g/mol. The molecule has 1 unspecified atom stereocenters. The normalized spacial score (nSPS) is 11.8. The molecule has 2 rings (SSSR count). The van der Waals surface area contributed by atoms with Gasteiger partial charge in [-0.25, -0.2) is 4.39 Å². The Morgan fingerprint density at radius 1 is 1.33 bits per heavy atom. The van der Waals surface area contributed by atoms with Crippen molar-refractivity contribution in [3.63, 3.8) is 0 Å². The van der Waals surface area contributed by atoms with Crippen LogP contribution >= 0.6 is 0 Å². The van der Waals surface area contributed by atoms with Gasteiger partial charge in [-0.3, -0.25) is 9.78 Å². The van der Waals surface area contributed by atoms with Gasteiger partial charge in [0.2, 0.25) is 0 Å². The number of rotatable bonds is 4. The van der Waals surface area contributed by atoms with E-state index >= 15 is 0 Å². The number of anilines is 1. The van der Waals surface area contributed by atoms with E-state index in [2.05, 4.69) is 10.3 Å². The third-order valence-corrected chi connectivity index (χ3v) is 3.58. The first-order valence-electron chi connectivity index (χ1n) is 6.69. The molecule has 1 aromatic heterocycles. The molecule has 0 aliphatic heterocycles. The number of amides is 1. The van der Waals surface area contributed by atoms with Crippen molar-refractivity contribution < 1.29 is 9.18 Å². The van der Waals surface area contributed by atoms with Gasteiger partial charge in [0, 0.05) is 37.7 Å². The van der Waals surface area contributed by atoms with Crippen molar-refractivity contribution >= 4 is 11.6 Å². The summed E-state index contributed by atoms with van der Waals surface area (Å²) in [4.78, 5) is 18.1. The molecule has 1 heterocycles. The first kappa shape index (κ1) is 15.0. The molecule has 0 spiro atoms. The second kappa shape index (κ2) is 6.35. The minimum atomic E-state index is -0.372. The summed E-state index contributed by atoms with van der Waals surface area (Å²) in [5, 5.41) is 2.96. The van der Waals surface area contributed by atoms with Crippen LogP contribution in [0.15, 0.2) is 42.7 Å². The van der Waals surface area contributed by atoms with Crippen LogP contribution < -0.4 is 5.32 Å². The van der Waals surface area contributed by atoms with Gasteiger partial charge in [-0.2, -0.15) is 0 Å². The lowest BCUT2D eigenvalue weighted by atomic mass is 10.1. The van der Waals surface area contributed by atoms with Crippen LogP contribution in [0.3, 0.4) is 0 Å². The third-order valence-electron chi connectivity index (χ3n) is 3.58. The van der Waals surface area contributed by atoms with Crippen LogP contribution in [0.25, 0.3) is 0 Å². The molecule has 0 fully saturated rings. The standard InChI is InChI=1S/C16H18FN3O/c1-11(12-6-4-5-7-14(12)17)20(3)16(21)13-10-19-9-8-15(13)18-2/h4-11H,1-3H3,(H,18,19). The van der Waals surface area contributed by atoms with E-state index in [0.29, 0.717) is 16.8 Å². The lowest BCUT2D eigenvalue weighted by Crippen LogP contribution is -2.30. The van der Waals surface area contributed by atoms with Crippen molar-refractivity contribution in [1.82, 2.24) is 9.88 Å². The van der Waals surface area contributed by atoms with Crippen molar-refractivity contribution in [3.05, 3.63) is 59.7 Å². The zero-order valence-corrected chi connectivity index (χ0v) is 12.3. The topological polar surface area (TPSA) is 45.2 Å². The van der Waals surface area contributed by atoms with Gasteiger partial charge in [0.05, 0.1) is 11.6 Å². The Morgan fingerprint density at radius 3 is 2.71 bits per heavy atom. The summed E-state index contributed by atoms with van der Waals surface area (Å²) in [7, 11) is 3.40. The van der Waals surface area contributed by atoms with Gasteiger partial charge in [-0.15, -0.1) is 0 Å². The van der Waals surface area contributed by atoms with E-state index in [1.165, 1.54) is 17.2 Å². The SMILES string of the molecule is CNc1ccncc1C(=O)N(C)C(C)c1ccccc1F. The van der Waals surface area contributed by atoms with Crippen LogP contribution in [0.2, 0.25) is 0 Å². The van der Waals surface area contributed by atoms with Crippen molar-refractivity contribution in [2.24, 2.45) is 0 Å². The lowest BCUT2D eigenvalue weighted by molar-refractivity contribution is 0.0741. The fourth-order valence-corrected chi connectivity index (χ4v) is 2.17. The summed E-state index contributed by atoms with van der Waals surface area (Å²) in [5.74, 6) is -0.520. The number of pyridine rings is 1. The van der Waals surface area contributed by atoms with Crippen LogP contribution in [-0.2, 0) is 0 Å². The maximum Gasteiger partial charge on any atom is 0.257 e. The summed E-state index contributed by atoms with van der Waals surface area (Å²) in [5.41, 5.74) is 1.65. The molecule has 5 heteroatoms. The van der Waals surface area contributed by atoms with E-state index in [-0.39, 0.29) is 17.8 Å². The second-order valence-electron chi connectivity index (χ2n) is 4.78. The second-order valence-corrected chi connectivity index (χ2v) is 4.78. The summed E-state index contributed by atoms with van der Waals surface area (Å²) in [6.07, 6.45) is 3.13. The molecule has 0 aliphatic rings. The van der Waals surface area contributed by atoms with Gasteiger partial charge >= 0.3 is 0 Å². The van der Waals surface area contributed by atoms with E-state index in [4.69, 9.17) is 0 Å². The van der Waals surface area contributed by atoms with Gasteiger partial charge < -0.3 is 10.2 Å². The molecule has 110 valence electrons. The Bertz CT molecular complexity index is 645. The van der Waals surface area contributed by atoms with Crippen LogP contribution in [0.5, 0.6) is 0 Å². The largest absolute Gasteiger partial charge is 0.387 e. The van der Waals surface area contributed by atoms with Crippen molar-refractivity contribution in [1.29, 1.82) is 0 Å². The van der Waals surface area contributed by atoms with Gasteiger partial charge in [0.1, 0.15) is 5.82 Å². The summed E-state index contributed by atoms with van der Waals surface area (Å²) >= 11 is 0. The number of aromatic nitrogens is 1. The number of hydrogen-bond donors (Lipinski definition) is 1. The van der Waals surface area contributed by atoms with Crippen LogP contribution in [0, 0.1) is 5.82 Å². The van der Waals surface area contributed by atoms with Crippen molar-refractivity contribution in [2.75, 3.05) is 19.4 Å².